The molecule has 0 aromatic heterocycles. The van der Waals surface area contributed by atoms with Gasteiger partial charge >= 0.3 is 0 Å². The van der Waals surface area contributed by atoms with Gasteiger partial charge in [0.15, 0.2) is 5.78 Å². The van der Waals surface area contributed by atoms with Gasteiger partial charge in [-0.3, -0.25) is 4.79 Å². The van der Waals surface area contributed by atoms with Crippen LogP contribution in [-0.4, -0.2) is 52.7 Å². The van der Waals surface area contributed by atoms with Gasteiger partial charge in [0.1, 0.15) is 31.5 Å². The summed E-state index contributed by atoms with van der Waals surface area (Å²) < 4.78 is 54.3. The van der Waals surface area contributed by atoms with Gasteiger partial charge in [-0.25, -0.2) is 16.8 Å². The van der Waals surface area contributed by atoms with E-state index >= 15 is 0 Å². The van der Waals surface area contributed by atoms with Crippen molar-refractivity contribution in [2.75, 3.05) is 24.0 Å². The second kappa shape index (κ2) is 8.38. The maximum Gasteiger partial charge on any atom is 0.176 e. The average molecular weight is 443 g/mol. The van der Waals surface area contributed by atoms with Gasteiger partial charge in [-0.1, -0.05) is 31.4 Å². The summed E-state index contributed by atoms with van der Waals surface area (Å²) in [5, 5.41) is 0. The largest absolute Gasteiger partial charge is 0.488 e. The Bertz CT molecular complexity index is 923. The number of hydrogen-bond donors (Lipinski definition) is 0. The molecule has 0 amide bonds. The minimum atomic E-state index is -3.33. The number of carbonyl (C=O) groups is 1. The molecule has 0 N–H and O–H groups in total. The van der Waals surface area contributed by atoms with Crippen LogP contribution >= 0.6 is 0 Å². The Morgan fingerprint density at radius 2 is 1.48 bits per heavy atom. The molecule has 1 saturated carbocycles. The number of sulfone groups is 2. The van der Waals surface area contributed by atoms with E-state index in [1.807, 2.05) is 6.07 Å². The van der Waals surface area contributed by atoms with Crippen molar-refractivity contribution in [2.24, 2.45) is 11.3 Å². The second-order valence-corrected chi connectivity index (χ2v) is 13.2. The van der Waals surface area contributed by atoms with E-state index in [4.69, 9.17) is 4.74 Å². The molecule has 1 heterocycles. The van der Waals surface area contributed by atoms with Crippen LogP contribution in [0.5, 0.6) is 5.75 Å². The normalized spacial score (nSPS) is 22.7. The lowest BCUT2D eigenvalue weighted by Gasteiger charge is -2.47. The minimum absolute atomic E-state index is 0.0791. The first-order valence-electron chi connectivity index (χ1n) is 10.2. The van der Waals surface area contributed by atoms with Crippen molar-refractivity contribution in [3.8, 4) is 5.75 Å². The van der Waals surface area contributed by atoms with Gasteiger partial charge < -0.3 is 4.74 Å². The van der Waals surface area contributed by atoms with Crippen molar-refractivity contribution < 1.29 is 26.4 Å². The van der Waals surface area contributed by atoms with Gasteiger partial charge in [0.25, 0.3) is 0 Å². The summed E-state index contributed by atoms with van der Waals surface area (Å²) in [5.74, 6) is 0.110. The highest BCUT2D eigenvalue weighted by Gasteiger charge is 2.54. The van der Waals surface area contributed by atoms with Crippen LogP contribution in [0.15, 0.2) is 24.3 Å². The van der Waals surface area contributed by atoms with Crippen LogP contribution in [0, 0.1) is 11.3 Å². The van der Waals surface area contributed by atoms with Crippen LogP contribution in [0.4, 0.5) is 0 Å². The van der Waals surface area contributed by atoms with Crippen LogP contribution < -0.4 is 4.74 Å². The van der Waals surface area contributed by atoms with E-state index in [9.17, 15) is 21.6 Å². The van der Waals surface area contributed by atoms with Crippen molar-refractivity contribution in [1.82, 2.24) is 0 Å². The number of carbonyl (C=O) groups excluding carboxylic acids is 1. The molecule has 0 spiro atoms. The van der Waals surface area contributed by atoms with E-state index < -0.39 is 31.2 Å². The quantitative estimate of drug-likeness (QED) is 0.644. The molecule has 2 aliphatic rings. The number of Topliss-reactive ketones (excluding diaryl/α,β-unsaturated/α-hetero) is 1. The van der Waals surface area contributed by atoms with Crippen LogP contribution in [0.1, 0.15) is 55.3 Å². The van der Waals surface area contributed by atoms with Crippen molar-refractivity contribution in [2.45, 2.75) is 51.0 Å². The summed E-state index contributed by atoms with van der Waals surface area (Å²) in [6, 6.07) is 7.01. The molecule has 1 unspecified atom stereocenters. The highest BCUT2D eigenvalue weighted by Crippen LogP contribution is 2.49. The molecule has 8 heteroatoms. The lowest BCUT2D eigenvalue weighted by molar-refractivity contribution is -0.0155. The summed E-state index contributed by atoms with van der Waals surface area (Å²) in [7, 11) is -6.66. The third-order valence-electron chi connectivity index (χ3n) is 6.30. The maximum absolute atomic E-state index is 13.8. The third-order valence-corrected chi connectivity index (χ3v) is 8.19. The van der Waals surface area contributed by atoms with Crippen molar-refractivity contribution in [3.05, 3.63) is 29.8 Å². The van der Waals surface area contributed by atoms with E-state index in [0.29, 0.717) is 11.3 Å². The van der Waals surface area contributed by atoms with Crippen molar-refractivity contribution in [1.29, 1.82) is 0 Å². The van der Waals surface area contributed by atoms with Gasteiger partial charge in [-0.2, -0.15) is 0 Å². The van der Waals surface area contributed by atoms with Crippen LogP contribution in [0.2, 0.25) is 0 Å². The molecule has 0 saturated heterocycles. The van der Waals surface area contributed by atoms with E-state index in [2.05, 4.69) is 0 Å². The molecular weight excluding hydrogens is 412 g/mol. The molecule has 1 aromatic carbocycles. The molecule has 1 atom stereocenters. The predicted molar refractivity (Wildman–Crippen MR) is 113 cm³/mol. The Labute approximate surface area is 173 Å². The summed E-state index contributed by atoms with van der Waals surface area (Å²) in [5.41, 5.74) is -0.732. The predicted octanol–water partition coefficient (Wildman–Crippen LogP) is 3.07. The molecular formula is C21H30O6S2. The first kappa shape index (κ1) is 22.3. The number of benzene rings is 1. The van der Waals surface area contributed by atoms with Crippen molar-refractivity contribution in [3.63, 3.8) is 0 Å². The second-order valence-electron chi connectivity index (χ2n) is 8.68. The number of rotatable bonds is 7. The Balaban J connectivity index is 2.09. The summed E-state index contributed by atoms with van der Waals surface area (Å²) >= 11 is 0. The van der Waals surface area contributed by atoms with Gasteiger partial charge in [0, 0.05) is 12.5 Å². The molecule has 6 nitrogen and oxygen atoms in total. The molecule has 1 aliphatic carbocycles. The average Bonchev–Trinajstić information content (AvgIpc) is 2.66. The summed E-state index contributed by atoms with van der Waals surface area (Å²) in [4.78, 5) is 13.8. The van der Waals surface area contributed by atoms with E-state index in [0.717, 1.165) is 44.6 Å². The number of para-hydroxylation sites is 1. The molecule has 29 heavy (non-hydrogen) atoms. The molecule has 162 valence electrons. The Hall–Kier alpha value is -1.41. The van der Waals surface area contributed by atoms with Gasteiger partial charge in [-0.05, 0) is 43.7 Å². The maximum atomic E-state index is 13.8. The Morgan fingerprint density at radius 3 is 2.03 bits per heavy atom. The fourth-order valence-electron chi connectivity index (χ4n) is 4.76. The summed E-state index contributed by atoms with van der Waals surface area (Å²) in [6.07, 6.45) is 6.96. The zero-order valence-electron chi connectivity index (χ0n) is 17.1. The highest BCUT2D eigenvalue weighted by atomic mass is 32.2. The number of ether oxygens (including phenoxy) is 1. The molecule has 1 aromatic rings. The van der Waals surface area contributed by atoms with Gasteiger partial charge in [0.05, 0.1) is 22.5 Å². The zero-order chi connectivity index (χ0) is 21.3. The highest BCUT2D eigenvalue weighted by molar-refractivity contribution is 7.90. The standard InChI is InChI=1S/C21H30O6S2/c1-28(23,24)14-12-21(13-15-29(2,25)26)19(22)17-10-6-7-11-18(17)27-20(21)16-8-4-3-5-9-16/h6-7,10-11,16,20H,3-5,8-9,12-15H2,1-2H3. The third kappa shape index (κ3) is 5.20. The topological polar surface area (TPSA) is 94.6 Å². The van der Waals surface area contributed by atoms with E-state index in [-0.39, 0.29) is 36.0 Å². The summed E-state index contributed by atoms with van der Waals surface area (Å²) in [6.45, 7) is 0. The number of fused-ring (bicyclic) bond motifs is 1. The lowest BCUT2D eigenvalue weighted by Crippen LogP contribution is -2.54. The monoisotopic (exact) mass is 442 g/mol. The fourth-order valence-corrected chi connectivity index (χ4v) is 6.23. The molecule has 1 fully saturated rings. The Morgan fingerprint density at radius 1 is 0.931 bits per heavy atom. The van der Waals surface area contributed by atoms with Crippen molar-refractivity contribution >= 4 is 25.5 Å². The molecule has 3 rings (SSSR count). The molecule has 1 aliphatic heterocycles. The van der Waals surface area contributed by atoms with E-state index in [1.165, 1.54) is 0 Å². The first-order valence-corrected chi connectivity index (χ1v) is 14.3. The SMILES string of the molecule is CS(=O)(=O)CCC1(CCS(C)(=O)=O)C(=O)c2ccccc2OC1C1CCCCC1. The lowest BCUT2D eigenvalue weighted by atomic mass is 9.64. The Kier molecular flexibility index (Phi) is 6.44. The van der Waals surface area contributed by atoms with Crippen LogP contribution in [0.25, 0.3) is 0 Å². The fraction of sp³-hybridized carbons (Fsp3) is 0.667. The first-order chi connectivity index (χ1) is 13.5. The number of hydrogen-bond acceptors (Lipinski definition) is 6. The molecule has 0 bridgehead atoms. The number of ketones is 1. The van der Waals surface area contributed by atoms with E-state index in [1.54, 1.807) is 18.2 Å². The molecule has 0 radical (unpaired) electrons. The van der Waals surface area contributed by atoms with Crippen LogP contribution in [-0.2, 0) is 19.7 Å². The zero-order valence-corrected chi connectivity index (χ0v) is 18.7. The minimum Gasteiger partial charge on any atom is -0.488 e. The van der Waals surface area contributed by atoms with Gasteiger partial charge in [0.2, 0.25) is 0 Å². The van der Waals surface area contributed by atoms with Crippen LogP contribution in [0.3, 0.4) is 0 Å². The van der Waals surface area contributed by atoms with Gasteiger partial charge in [-0.15, -0.1) is 0 Å². The smallest absolute Gasteiger partial charge is 0.176 e.